The highest BCUT2D eigenvalue weighted by Gasteiger charge is 2.32. The molecule has 0 amide bonds. The number of sulfone groups is 1. The summed E-state index contributed by atoms with van der Waals surface area (Å²) in [5.41, 5.74) is 2.40. The van der Waals surface area contributed by atoms with Crippen LogP contribution >= 0.6 is 12.2 Å². The molecule has 1 aliphatic rings. The van der Waals surface area contributed by atoms with E-state index in [4.69, 9.17) is 17.3 Å². The molecule has 0 bridgehead atoms. The van der Waals surface area contributed by atoms with E-state index in [2.05, 4.69) is 49.9 Å². The molecule has 2 aromatic rings. The zero-order valence-corrected chi connectivity index (χ0v) is 19.0. The van der Waals surface area contributed by atoms with E-state index in [9.17, 15) is 8.42 Å². The molecule has 0 saturated carbocycles. The highest BCUT2D eigenvalue weighted by atomic mass is 32.2. The highest BCUT2D eigenvalue weighted by Crippen LogP contribution is 2.26. The summed E-state index contributed by atoms with van der Waals surface area (Å²) >= 11 is 5.60. The minimum atomic E-state index is -2.92. The molecule has 1 aliphatic heterocycles. The van der Waals surface area contributed by atoms with Gasteiger partial charge in [-0.3, -0.25) is 4.90 Å². The smallest absolute Gasteiger partial charge is 0.199 e. The summed E-state index contributed by atoms with van der Waals surface area (Å²) in [4.78, 5) is 2.15. The predicted octanol–water partition coefficient (Wildman–Crippen LogP) is 3.38. The molecule has 0 unspecified atom stereocenters. The zero-order chi connectivity index (χ0) is 20.7. The molecule has 0 spiro atoms. The first-order valence-electron chi connectivity index (χ1n) is 9.71. The Morgan fingerprint density at radius 1 is 1.25 bits per heavy atom. The quantitative estimate of drug-likeness (QED) is 0.692. The van der Waals surface area contributed by atoms with E-state index in [-0.39, 0.29) is 23.0 Å². The first-order valence-corrected chi connectivity index (χ1v) is 11.9. The predicted molar refractivity (Wildman–Crippen MR) is 116 cm³/mol. The van der Waals surface area contributed by atoms with E-state index in [0.717, 1.165) is 17.9 Å². The van der Waals surface area contributed by atoms with E-state index < -0.39 is 9.84 Å². The van der Waals surface area contributed by atoms with Gasteiger partial charge in [0.2, 0.25) is 0 Å². The lowest BCUT2D eigenvalue weighted by atomic mass is 9.87. The molecule has 6 nitrogen and oxygen atoms in total. The number of rotatable bonds is 5. The van der Waals surface area contributed by atoms with Gasteiger partial charge in [-0.15, -0.1) is 0 Å². The van der Waals surface area contributed by atoms with Crippen LogP contribution in [0.25, 0.3) is 11.4 Å². The standard InChI is InChI=1S/C20H30N4O2S2/c1-6-23(17-11-12-28(25,26)13-17)14-24-19(27)22(5)18(21-24)15-7-9-16(10-8-15)20(2,3)4/h7-10,17H,6,11-14H2,1-5H3/t17-/m1/s1. The summed E-state index contributed by atoms with van der Waals surface area (Å²) in [5.74, 6) is 1.32. The van der Waals surface area contributed by atoms with Crippen LogP contribution in [0.1, 0.15) is 39.7 Å². The Morgan fingerprint density at radius 3 is 2.39 bits per heavy atom. The van der Waals surface area contributed by atoms with Gasteiger partial charge in [-0.05, 0) is 36.2 Å². The summed E-state index contributed by atoms with van der Waals surface area (Å²) in [6.07, 6.45) is 0.678. The summed E-state index contributed by atoms with van der Waals surface area (Å²) in [6, 6.07) is 8.48. The van der Waals surface area contributed by atoms with Crippen molar-refractivity contribution in [3.05, 3.63) is 34.6 Å². The Balaban J connectivity index is 1.86. The van der Waals surface area contributed by atoms with Gasteiger partial charge >= 0.3 is 0 Å². The monoisotopic (exact) mass is 422 g/mol. The molecule has 1 atom stereocenters. The van der Waals surface area contributed by atoms with Crippen LogP contribution < -0.4 is 0 Å². The molecular formula is C20H30N4O2S2. The normalized spacial score (nSPS) is 19.4. The van der Waals surface area contributed by atoms with Crippen molar-refractivity contribution in [2.75, 3.05) is 18.1 Å². The summed E-state index contributed by atoms with van der Waals surface area (Å²) in [6.45, 7) is 9.89. The van der Waals surface area contributed by atoms with Gasteiger partial charge in [-0.2, -0.15) is 5.10 Å². The van der Waals surface area contributed by atoms with Gasteiger partial charge in [0.1, 0.15) is 0 Å². The van der Waals surface area contributed by atoms with Crippen LogP contribution in [0.5, 0.6) is 0 Å². The molecule has 0 radical (unpaired) electrons. The van der Waals surface area contributed by atoms with Crippen LogP contribution in [-0.4, -0.2) is 51.8 Å². The van der Waals surface area contributed by atoms with E-state index >= 15 is 0 Å². The fraction of sp³-hybridized carbons (Fsp3) is 0.600. The van der Waals surface area contributed by atoms with Crippen LogP contribution in [0, 0.1) is 4.77 Å². The molecule has 0 aliphatic carbocycles. The highest BCUT2D eigenvalue weighted by molar-refractivity contribution is 7.91. The number of hydrogen-bond acceptors (Lipinski definition) is 5. The van der Waals surface area contributed by atoms with Gasteiger partial charge in [-0.25, -0.2) is 13.1 Å². The minimum absolute atomic E-state index is 0.0356. The number of aromatic nitrogens is 3. The Morgan fingerprint density at radius 2 is 1.89 bits per heavy atom. The summed E-state index contributed by atoms with van der Waals surface area (Å²) in [7, 11) is -0.992. The SMILES string of the molecule is CCN(Cn1nc(-c2ccc(C(C)(C)C)cc2)n(C)c1=S)[C@@H]1CCS(=O)(=O)C1. The average Bonchev–Trinajstić information content (AvgIpc) is 3.12. The summed E-state index contributed by atoms with van der Waals surface area (Å²) in [5, 5.41) is 4.75. The van der Waals surface area contributed by atoms with Gasteiger partial charge in [-0.1, -0.05) is 52.0 Å². The molecule has 1 fully saturated rings. The van der Waals surface area contributed by atoms with Gasteiger partial charge in [0.15, 0.2) is 20.4 Å². The molecule has 2 heterocycles. The molecule has 1 saturated heterocycles. The molecule has 1 aromatic carbocycles. The average molecular weight is 423 g/mol. The lowest BCUT2D eigenvalue weighted by molar-refractivity contribution is 0.164. The molecule has 3 rings (SSSR count). The van der Waals surface area contributed by atoms with Gasteiger partial charge < -0.3 is 4.57 Å². The first kappa shape index (κ1) is 21.2. The van der Waals surface area contributed by atoms with E-state index in [0.29, 0.717) is 17.9 Å². The molecular weight excluding hydrogens is 392 g/mol. The number of nitrogens with zero attached hydrogens (tertiary/aromatic N) is 4. The van der Waals surface area contributed by atoms with Crippen molar-refractivity contribution >= 4 is 22.1 Å². The topological polar surface area (TPSA) is 60.1 Å². The number of hydrogen-bond donors (Lipinski definition) is 0. The van der Waals surface area contributed by atoms with Crippen molar-refractivity contribution in [2.24, 2.45) is 7.05 Å². The second-order valence-corrected chi connectivity index (χ2v) is 11.2. The Labute approximate surface area is 173 Å². The Bertz CT molecular complexity index is 998. The van der Waals surface area contributed by atoms with Crippen molar-refractivity contribution in [1.82, 2.24) is 19.2 Å². The van der Waals surface area contributed by atoms with Crippen LogP contribution in [-0.2, 0) is 29.0 Å². The van der Waals surface area contributed by atoms with Gasteiger partial charge in [0.25, 0.3) is 0 Å². The van der Waals surface area contributed by atoms with Crippen molar-refractivity contribution in [3.63, 3.8) is 0 Å². The van der Waals surface area contributed by atoms with E-state index in [1.54, 1.807) is 4.68 Å². The fourth-order valence-electron chi connectivity index (χ4n) is 3.66. The molecule has 154 valence electrons. The maximum Gasteiger partial charge on any atom is 0.199 e. The third-order valence-electron chi connectivity index (χ3n) is 5.50. The molecule has 28 heavy (non-hydrogen) atoms. The Hall–Kier alpha value is -1.51. The zero-order valence-electron chi connectivity index (χ0n) is 17.3. The van der Waals surface area contributed by atoms with Crippen molar-refractivity contribution < 1.29 is 8.42 Å². The van der Waals surface area contributed by atoms with Crippen molar-refractivity contribution in [3.8, 4) is 11.4 Å². The van der Waals surface area contributed by atoms with Gasteiger partial charge in [0, 0.05) is 18.7 Å². The minimum Gasteiger partial charge on any atom is -0.303 e. The van der Waals surface area contributed by atoms with Crippen LogP contribution in [0.4, 0.5) is 0 Å². The largest absolute Gasteiger partial charge is 0.303 e. The summed E-state index contributed by atoms with van der Waals surface area (Å²) < 4.78 is 28.0. The van der Waals surface area contributed by atoms with E-state index in [1.165, 1.54) is 5.56 Å². The maximum atomic E-state index is 11.8. The molecule has 1 aromatic heterocycles. The lowest BCUT2D eigenvalue weighted by Crippen LogP contribution is -2.37. The fourth-order valence-corrected chi connectivity index (χ4v) is 5.61. The van der Waals surface area contributed by atoms with Crippen LogP contribution in [0.2, 0.25) is 0 Å². The lowest BCUT2D eigenvalue weighted by Gasteiger charge is -2.25. The second kappa shape index (κ2) is 7.72. The third kappa shape index (κ3) is 4.39. The van der Waals surface area contributed by atoms with Gasteiger partial charge in [0.05, 0.1) is 18.2 Å². The van der Waals surface area contributed by atoms with Crippen LogP contribution in [0.3, 0.4) is 0 Å². The third-order valence-corrected chi connectivity index (χ3v) is 7.73. The second-order valence-electron chi connectivity index (χ2n) is 8.60. The molecule has 0 N–H and O–H groups in total. The van der Waals surface area contributed by atoms with Crippen LogP contribution in [0.15, 0.2) is 24.3 Å². The van der Waals surface area contributed by atoms with E-state index in [1.807, 2.05) is 18.5 Å². The Kier molecular flexibility index (Phi) is 5.85. The van der Waals surface area contributed by atoms with Crippen molar-refractivity contribution in [1.29, 1.82) is 0 Å². The van der Waals surface area contributed by atoms with Crippen molar-refractivity contribution in [2.45, 2.75) is 52.2 Å². The number of benzene rings is 1. The molecule has 8 heteroatoms. The first-order chi connectivity index (χ1) is 13.0. The maximum absolute atomic E-state index is 11.8.